The van der Waals surface area contributed by atoms with Crippen molar-refractivity contribution >= 4 is 9.90 Å². The number of hydrogen-bond donors (Lipinski definition) is 1. The molecule has 0 aliphatic heterocycles. The zero-order chi connectivity index (χ0) is 6.62. The molecule has 0 bridgehead atoms. The third-order valence-corrected chi connectivity index (χ3v) is 2.11. The topological polar surface area (TPSA) is 26.0 Å². The maximum atomic E-state index is 5.90. The van der Waals surface area contributed by atoms with Crippen LogP contribution in [0.3, 0.4) is 0 Å². The second-order valence-corrected chi connectivity index (χ2v) is 2.42. The van der Waals surface area contributed by atoms with Crippen molar-refractivity contribution in [2.24, 2.45) is 5.73 Å². The van der Waals surface area contributed by atoms with E-state index in [0.29, 0.717) is 0 Å². The Labute approximate surface area is 90.4 Å². The van der Waals surface area contributed by atoms with Gasteiger partial charge in [-0.2, -0.15) is 9.90 Å². The minimum atomic E-state index is 0. The molecule has 0 aliphatic rings. The first-order chi connectivity index (χ1) is 3.68. The Morgan fingerprint density at radius 3 is 0.800 bits per heavy atom. The number of halogens is 6. The summed E-state index contributed by atoms with van der Waals surface area (Å²) >= 11 is 0. The Bertz CT molecular complexity index is 66.2. The monoisotopic (exact) mass is 269 g/mol. The molecule has 15 heavy (non-hydrogen) atoms. The van der Waals surface area contributed by atoms with Gasteiger partial charge in [0.2, 0.25) is 0 Å². The molecular weight excluding hydrogens is 243 g/mol. The Morgan fingerprint density at radius 2 is 0.800 bits per heavy atom. The highest BCUT2D eigenvalue weighted by molar-refractivity contribution is 6.92. The molecular formula is C7H26F6NP. The van der Waals surface area contributed by atoms with E-state index >= 15 is 0 Å². The average Bonchev–Trinajstić information content (AvgIpc) is 1.87. The van der Waals surface area contributed by atoms with Crippen LogP contribution in [-0.2, 0) is 0 Å². The first-order valence-electron chi connectivity index (χ1n) is 3.47. The van der Waals surface area contributed by atoms with Crippen LogP contribution >= 0.6 is 9.90 Å². The van der Waals surface area contributed by atoms with Gasteiger partial charge in [0.15, 0.2) is 0 Å². The second-order valence-electron chi connectivity index (χ2n) is 2.42. The Balaban J connectivity index is -0.0000000117. The van der Waals surface area contributed by atoms with Crippen LogP contribution in [0.4, 0.5) is 28.2 Å². The van der Waals surface area contributed by atoms with Gasteiger partial charge in [-0.25, -0.2) is 0 Å². The molecule has 2 N–H and O–H groups in total. The molecule has 0 amide bonds. The molecule has 0 aromatic carbocycles. The second kappa shape index (κ2) is 29.2. The van der Waals surface area contributed by atoms with Crippen molar-refractivity contribution in [1.82, 2.24) is 0 Å². The predicted molar refractivity (Wildman–Crippen MR) is 63.9 cm³/mol. The van der Waals surface area contributed by atoms with Crippen LogP contribution in [0.25, 0.3) is 0 Å². The average molecular weight is 269 g/mol. The van der Waals surface area contributed by atoms with Gasteiger partial charge in [-0.15, -0.1) is 0 Å². The molecule has 1 atom stereocenters. The fraction of sp³-hybridized carbons (Fsp3) is 1.00. The molecule has 0 rings (SSSR count). The number of rotatable bonds is 3. The van der Waals surface area contributed by atoms with Gasteiger partial charge in [0.1, 0.15) is 0 Å². The quantitative estimate of drug-likeness (QED) is 0.618. The zero-order valence-corrected chi connectivity index (χ0v) is 10.8. The van der Waals surface area contributed by atoms with E-state index in [1.165, 1.54) is 0 Å². The molecule has 0 aromatic rings. The summed E-state index contributed by atoms with van der Waals surface area (Å²) in [7, 11) is 0. The highest BCUT2D eigenvalue weighted by Gasteiger charge is 2.15. The summed E-state index contributed by atoms with van der Waals surface area (Å²) < 4.78 is 0. The summed E-state index contributed by atoms with van der Waals surface area (Å²) in [6, 6.07) is 0. The van der Waals surface area contributed by atoms with Gasteiger partial charge in [-0.05, 0) is 19.3 Å². The third-order valence-electron chi connectivity index (χ3n) is 2.11. The molecule has 106 valence electrons. The van der Waals surface area contributed by atoms with E-state index in [9.17, 15) is 0 Å². The van der Waals surface area contributed by atoms with Crippen LogP contribution in [0, 0.1) is 0 Å². The van der Waals surface area contributed by atoms with Gasteiger partial charge in [0.05, 0.1) is 0 Å². The normalized spacial score (nSPS) is 6.40. The fourth-order valence-corrected chi connectivity index (χ4v) is 0.750. The van der Waals surface area contributed by atoms with E-state index in [1.54, 1.807) is 0 Å². The largest absolute Gasteiger partial charge is 0.325 e. The molecule has 0 radical (unpaired) electrons. The highest BCUT2D eigenvalue weighted by Crippen LogP contribution is 2.14. The van der Waals surface area contributed by atoms with Crippen molar-refractivity contribution in [3.63, 3.8) is 0 Å². The minimum Gasteiger partial charge on any atom is -0.325 e. The predicted octanol–water partition coefficient (Wildman–Crippen LogP) is 2.89. The molecule has 0 saturated carbocycles. The molecule has 1 unspecified atom stereocenters. The third kappa shape index (κ3) is 24.9. The van der Waals surface area contributed by atoms with E-state index in [4.69, 9.17) is 5.73 Å². The Morgan fingerprint density at radius 1 is 0.667 bits per heavy atom. The summed E-state index contributed by atoms with van der Waals surface area (Å²) in [5, 5.41) is 0. The molecule has 0 spiro atoms. The number of hydrogen-bond acceptors (Lipinski definition) is 1. The minimum absolute atomic E-state index is 0. The molecule has 1 nitrogen and oxygen atoms in total. The smallest absolute Gasteiger partial charge is 0.0146 e. The SMILES string of the molecule is CCC(N)(CC)CC.F.F.F.F.F.F.P. The van der Waals surface area contributed by atoms with E-state index in [2.05, 4.69) is 20.8 Å². The van der Waals surface area contributed by atoms with Crippen LogP contribution in [-0.4, -0.2) is 5.54 Å². The van der Waals surface area contributed by atoms with E-state index in [-0.39, 0.29) is 43.7 Å². The van der Waals surface area contributed by atoms with Gasteiger partial charge < -0.3 is 5.73 Å². The van der Waals surface area contributed by atoms with Crippen molar-refractivity contribution in [3.05, 3.63) is 0 Å². The standard InChI is InChI=1S/C7H17N.6FH.H3P/c1-4-7(8,5-2)6-3;;;;;;;/h4-6,8H2,1-3H3;6*1H;1H3. The van der Waals surface area contributed by atoms with Gasteiger partial charge in [-0.3, -0.25) is 28.2 Å². The van der Waals surface area contributed by atoms with Crippen LogP contribution in [0.5, 0.6) is 0 Å². The molecule has 0 aromatic heterocycles. The van der Waals surface area contributed by atoms with Crippen molar-refractivity contribution in [2.75, 3.05) is 0 Å². The van der Waals surface area contributed by atoms with Gasteiger partial charge in [-0.1, -0.05) is 20.8 Å². The van der Waals surface area contributed by atoms with E-state index in [0.717, 1.165) is 19.3 Å². The van der Waals surface area contributed by atoms with Gasteiger partial charge >= 0.3 is 0 Å². The van der Waals surface area contributed by atoms with Gasteiger partial charge in [0.25, 0.3) is 0 Å². The maximum absolute atomic E-state index is 5.90. The summed E-state index contributed by atoms with van der Waals surface area (Å²) in [5.41, 5.74) is 6.02. The summed E-state index contributed by atoms with van der Waals surface area (Å²) in [6.45, 7) is 6.44. The first kappa shape index (κ1) is 60.1. The van der Waals surface area contributed by atoms with Crippen molar-refractivity contribution < 1.29 is 28.2 Å². The highest BCUT2D eigenvalue weighted by atomic mass is 31.0. The Kier molecular flexibility index (Phi) is 117. The summed E-state index contributed by atoms with van der Waals surface area (Å²) in [6.07, 6.45) is 3.29. The number of nitrogens with two attached hydrogens (primary N) is 1. The molecule has 0 heterocycles. The summed E-state index contributed by atoms with van der Waals surface area (Å²) in [5.74, 6) is 0. The van der Waals surface area contributed by atoms with E-state index < -0.39 is 0 Å². The van der Waals surface area contributed by atoms with Crippen molar-refractivity contribution in [3.8, 4) is 0 Å². The molecule has 8 heteroatoms. The summed E-state index contributed by atoms with van der Waals surface area (Å²) in [4.78, 5) is 0. The van der Waals surface area contributed by atoms with Crippen LogP contribution in [0.2, 0.25) is 0 Å². The lowest BCUT2D eigenvalue weighted by Crippen LogP contribution is -2.37. The molecule has 0 fully saturated rings. The Hall–Kier alpha value is -0.0300. The van der Waals surface area contributed by atoms with Crippen molar-refractivity contribution in [1.29, 1.82) is 0 Å². The fourth-order valence-electron chi connectivity index (χ4n) is 0.750. The maximum Gasteiger partial charge on any atom is 0.0146 e. The first-order valence-corrected chi connectivity index (χ1v) is 3.47. The lowest BCUT2D eigenvalue weighted by atomic mass is 9.92. The molecule has 0 aliphatic carbocycles. The van der Waals surface area contributed by atoms with E-state index in [1.807, 2.05) is 0 Å². The van der Waals surface area contributed by atoms with Crippen LogP contribution in [0.1, 0.15) is 40.0 Å². The van der Waals surface area contributed by atoms with Gasteiger partial charge in [0, 0.05) is 5.54 Å². The van der Waals surface area contributed by atoms with Crippen LogP contribution in [0.15, 0.2) is 0 Å². The van der Waals surface area contributed by atoms with Crippen molar-refractivity contribution in [2.45, 2.75) is 45.6 Å². The lowest BCUT2D eigenvalue weighted by molar-refractivity contribution is 0.383. The lowest BCUT2D eigenvalue weighted by Gasteiger charge is -2.23. The van der Waals surface area contributed by atoms with Crippen LogP contribution < -0.4 is 5.73 Å². The zero-order valence-electron chi connectivity index (χ0n) is 9.36. The molecule has 0 saturated heterocycles.